The number of carbonyl (C=O) groups excluding carboxylic acids is 1. The molecule has 1 heterocycles. The highest BCUT2D eigenvalue weighted by Crippen LogP contribution is 2.34. The van der Waals surface area contributed by atoms with Crippen LogP contribution >= 0.6 is 0 Å². The van der Waals surface area contributed by atoms with Crippen molar-refractivity contribution in [1.82, 2.24) is 5.32 Å². The Morgan fingerprint density at radius 2 is 2.33 bits per heavy atom. The maximum atomic E-state index is 11.1. The molecule has 2 atom stereocenters. The fourth-order valence-electron chi connectivity index (χ4n) is 2.10. The second-order valence-electron chi connectivity index (χ2n) is 4.29. The lowest BCUT2D eigenvalue weighted by molar-refractivity contribution is -0.120. The van der Waals surface area contributed by atoms with Gasteiger partial charge in [0.2, 0.25) is 5.91 Å². The molecule has 2 rings (SSSR count). The van der Waals surface area contributed by atoms with E-state index < -0.39 is 6.10 Å². The lowest BCUT2D eigenvalue weighted by Gasteiger charge is -2.21. The van der Waals surface area contributed by atoms with Crippen LogP contribution in [0.4, 0.5) is 0 Å². The van der Waals surface area contributed by atoms with Crippen LogP contribution in [0.3, 0.4) is 0 Å². The minimum Gasteiger partial charge on any atom is -0.497 e. The van der Waals surface area contributed by atoms with Crippen LogP contribution in [0.25, 0.3) is 0 Å². The Balaban J connectivity index is 2.31. The minimum absolute atomic E-state index is 0.162. The van der Waals surface area contributed by atoms with Gasteiger partial charge in [-0.1, -0.05) is 0 Å². The molecule has 0 bridgehead atoms. The number of fused-ring (bicyclic) bond motifs is 1. The van der Waals surface area contributed by atoms with Crippen molar-refractivity contribution in [2.75, 3.05) is 13.7 Å². The quantitative estimate of drug-likeness (QED) is 0.823. The van der Waals surface area contributed by atoms with Crippen LogP contribution in [0.1, 0.15) is 25.0 Å². The average Bonchev–Trinajstić information content (AvgIpc) is 2.49. The number of amides is 1. The number of rotatable bonds is 2. The largest absolute Gasteiger partial charge is 0.497 e. The van der Waals surface area contributed by atoms with Gasteiger partial charge in [-0.2, -0.15) is 0 Å². The summed E-state index contributed by atoms with van der Waals surface area (Å²) in [5, 5.41) is 13.1. The van der Waals surface area contributed by atoms with Gasteiger partial charge in [0.05, 0.1) is 19.8 Å². The SMILES string of the molecule is COc1ccc2c(c1)[C@@H](O)[C@@H](NC(C)=O)CCO2. The monoisotopic (exact) mass is 251 g/mol. The zero-order chi connectivity index (χ0) is 13.1. The third-order valence-corrected chi connectivity index (χ3v) is 2.99. The number of hydrogen-bond acceptors (Lipinski definition) is 4. The van der Waals surface area contributed by atoms with E-state index in [4.69, 9.17) is 9.47 Å². The molecule has 1 aliphatic rings. The number of nitrogens with one attached hydrogen (secondary N) is 1. The minimum atomic E-state index is -0.790. The van der Waals surface area contributed by atoms with Gasteiger partial charge in [-0.15, -0.1) is 0 Å². The standard InChI is InChI=1S/C13H17NO4/c1-8(15)14-11-5-6-18-12-4-3-9(17-2)7-10(12)13(11)16/h3-4,7,11,13,16H,5-6H2,1-2H3,(H,14,15)/t11-,13+/m0/s1. The first kappa shape index (κ1) is 12.7. The van der Waals surface area contributed by atoms with E-state index in [0.717, 1.165) is 0 Å². The number of methoxy groups -OCH3 is 1. The highest BCUT2D eigenvalue weighted by Gasteiger charge is 2.28. The first-order valence-corrected chi connectivity index (χ1v) is 5.87. The first-order chi connectivity index (χ1) is 8.61. The van der Waals surface area contributed by atoms with E-state index >= 15 is 0 Å². The third-order valence-electron chi connectivity index (χ3n) is 2.99. The average molecular weight is 251 g/mol. The van der Waals surface area contributed by atoms with Gasteiger partial charge >= 0.3 is 0 Å². The van der Waals surface area contributed by atoms with Gasteiger partial charge < -0.3 is 19.9 Å². The summed E-state index contributed by atoms with van der Waals surface area (Å²) in [7, 11) is 1.57. The van der Waals surface area contributed by atoms with Gasteiger partial charge in [-0.05, 0) is 18.2 Å². The lowest BCUT2D eigenvalue weighted by atomic mass is 10.00. The van der Waals surface area contributed by atoms with Crippen LogP contribution in [0, 0.1) is 0 Å². The molecule has 0 unspecified atom stereocenters. The molecule has 0 fully saturated rings. The number of aliphatic hydroxyl groups excluding tert-OH is 1. The Morgan fingerprint density at radius 1 is 1.56 bits per heavy atom. The Bertz CT molecular complexity index is 447. The zero-order valence-corrected chi connectivity index (χ0v) is 10.5. The van der Waals surface area contributed by atoms with Gasteiger partial charge in [-0.25, -0.2) is 0 Å². The molecule has 0 saturated carbocycles. The van der Waals surface area contributed by atoms with Crippen molar-refractivity contribution < 1.29 is 19.4 Å². The molecule has 0 aliphatic carbocycles. The van der Waals surface area contributed by atoms with Crippen molar-refractivity contribution in [2.24, 2.45) is 0 Å². The fraction of sp³-hybridized carbons (Fsp3) is 0.462. The lowest BCUT2D eigenvalue weighted by Crippen LogP contribution is -2.38. The van der Waals surface area contributed by atoms with Crippen LogP contribution in [-0.4, -0.2) is 30.8 Å². The van der Waals surface area contributed by atoms with E-state index in [1.54, 1.807) is 25.3 Å². The molecule has 0 radical (unpaired) electrons. The normalized spacial score (nSPS) is 22.4. The molecule has 0 aromatic heterocycles. The van der Waals surface area contributed by atoms with Gasteiger partial charge in [0, 0.05) is 18.9 Å². The highest BCUT2D eigenvalue weighted by molar-refractivity contribution is 5.73. The van der Waals surface area contributed by atoms with Gasteiger partial charge in [0.15, 0.2) is 0 Å². The molecule has 1 amide bonds. The molecule has 5 nitrogen and oxygen atoms in total. The summed E-state index contributed by atoms with van der Waals surface area (Å²) in [6, 6.07) is 4.95. The molecule has 2 N–H and O–H groups in total. The Kier molecular flexibility index (Phi) is 3.72. The van der Waals surface area contributed by atoms with E-state index in [1.807, 2.05) is 0 Å². The van der Waals surface area contributed by atoms with Crippen LogP contribution in [0.5, 0.6) is 11.5 Å². The second-order valence-corrected chi connectivity index (χ2v) is 4.29. The number of aliphatic hydroxyl groups is 1. The smallest absolute Gasteiger partial charge is 0.217 e. The van der Waals surface area contributed by atoms with Crippen LogP contribution < -0.4 is 14.8 Å². The topological polar surface area (TPSA) is 67.8 Å². The van der Waals surface area contributed by atoms with Crippen LogP contribution in [0.2, 0.25) is 0 Å². The van der Waals surface area contributed by atoms with Crippen molar-refractivity contribution in [1.29, 1.82) is 0 Å². The molecule has 0 spiro atoms. The van der Waals surface area contributed by atoms with E-state index in [1.165, 1.54) is 6.92 Å². The van der Waals surface area contributed by atoms with Crippen molar-refractivity contribution in [3.05, 3.63) is 23.8 Å². The molecule has 1 aromatic carbocycles. The van der Waals surface area contributed by atoms with Gasteiger partial charge in [0.1, 0.15) is 17.6 Å². The number of hydrogen-bond donors (Lipinski definition) is 2. The number of ether oxygens (including phenoxy) is 2. The van der Waals surface area contributed by atoms with Crippen molar-refractivity contribution in [3.8, 4) is 11.5 Å². The number of carbonyl (C=O) groups is 1. The molecule has 18 heavy (non-hydrogen) atoms. The fourth-order valence-corrected chi connectivity index (χ4v) is 2.10. The Hall–Kier alpha value is -1.75. The molecular weight excluding hydrogens is 234 g/mol. The molecule has 98 valence electrons. The summed E-state index contributed by atoms with van der Waals surface area (Å²) in [5.41, 5.74) is 0.644. The summed E-state index contributed by atoms with van der Waals surface area (Å²) in [5.74, 6) is 1.13. The van der Waals surface area contributed by atoms with E-state index in [-0.39, 0.29) is 11.9 Å². The van der Waals surface area contributed by atoms with Gasteiger partial charge in [-0.3, -0.25) is 4.79 Å². The molecular formula is C13H17NO4. The van der Waals surface area contributed by atoms with Crippen LogP contribution in [-0.2, 0) is 4.79 Å². The molecule has 1 aromatic rings. The summed E-state index contributed by atoms with van der Waals surface area (Å²) in [4.78, 5) is 11.1. The van der Waals surface area contributed by atoms with Crippen LogP contribution in [0.15, 0.2) is 18.2 Å². The van der Waals surface area contributed by atoms with E-state index in [2.05, 4.69) is 5.32 Å². The number of benzene rings is 1. The maximum Gasteiger partial charge on any atom is 0.217 e. The van der Waals surface area contributed by atoms with Gasteiger partial charge in [0.25, 0.3) is 0 Å². The second kappa shape index (κ2) is 5.27. The predicted molar refractivity (Wildman–Crippen MR) is 65.7 cm³/mol. The van der Waals surface area contributed by atoms with E-state index in [0.29, 0.717) is 30.1 Å². The van der Waals surface area contributed by atoms with Crippen molar-refractivity contribution in [3.63, 3.8) is 0 Å². The third kappa shape index (κ3) is 2.56. The zero-order valence-electron chi connectivity index (χ0n) is 10.5. The van der Waals surface area contributed by atoms with Crippen molar-refractivity contribution in [2.45, 2.75) is 25.5 Å². The Labute approximate surface area is 106 Å². The highest BCUT2D eigenvalue weighted by atomic mass is 16.5. The molecule has 5 heteroatoms. The van der Waals surface area contributed by atoms with E-state index in [9.17, 15) is 9.90 Å². The summed E-state index contributed by atoms with van der Waals surface area (Å²) in [6.45, 7) is 1.90. The predicted octanol–water partition coefficient (Wildman–Crippen LogP) is 1.02. The first-order valence-electron chi connectivity index (χ1n) is 5.87. The molecule has 1 aliphatic heterocycles. The van der Waals surface area contributed by atoms with Crippen molar-refractivity contribution >= 4 is 5.91 Å². The summed E-state index contributed by atoms with van der Waals surface area (Å²) < 4.78 is 10.7. The Morgan fingerprint density at radius 3 is 3.00 bits per heavy atom. The maximum absolute atomic E-state index is 11.1. The summed E-state index contributed by atoms with van der Waals surface area (Å²) in [6.07, 6.45) is -0.223. The molecule has 0 saturated heterocycles. The summed E-state index contributed by atoms with van der Waals surface area (Å²) >= 11 is 0.